The van der Waals surface area contributed by atoms with Crippen LogP contribution < -0.4 is 9.47 Å². The second-order valence-electron chi connectivity index (χ2n) is 5.33. The molecule has 0 fully saturated rings. The molecule has 0 aliphatic heterocycles. The zero-order chi connectivity index (χ0) is 17.8. The highest BCUT2D eigenvalue weighted by Crippen LogP contribution is 2.17. The monoisotopic (exact) mass is 337 g/mol. The van der Waals surface area contributed by atoms with Crippen LogP contribution in [0.25, 0.3) is 0 Å². The van der Waals surface area contributed by atoms with Crippen molar-refractivity contribution in [2.45, 2.75) is 32.6 Å². The first-order valence-electron chi connectivity index (χ1n) is 8.22. The SMILES string of the molecule is CCCCC(=O)N(CCOc1ccc(OC)cc1)CCC(=O)OC. The predicted molar refractivity (Wildman–Crippen MR) is 91.2 cm³/mol. The average Bonchev–Trinajstić information content (AvgIpc) is 2.62. The third-order valence-corrected chi connectivity index (χ3v) is 3.60. The van der Waals surface area contributed by atoms with E-state index in [1.165, 1.54) is 7.11 Å². The number of unbranched alkanes of at least 4 members (excludes halogenated alkanes) is 1. The smallest absolute Gasteiger partial charge is 0.307 e. The molecule has 1 amide bonds. The molecular weight excluding hydrogens is 310 g/mol. The van der Waals surface area contributed by atoms with Crippen LogP contribution in [0.3, 0.4) is 0 Å². The van der Waals surface area contributed by atoms with E-state index in [9.17, 15) is 9.59 Å². The van der Waals surface area contributed by atoms with Crippen LogP contribution in [0.4, 0.5) is 0 Å². The minimum atomic E-state index is -0.320. The first-order chi connectivity index (χ1) is 11.6. The molecule has 6 nitrogen and oxygen atoms in total. The van der Waals surface area contributed by atoms with Gasteiger partial charge in [-0.2, -0.15) is 0 Å². The summed E-state index contributed by atoms with van der Waals surface area (Å²) in [5.74, 6) is 1.19. The molecule has 0 aliphatic carbocycles. The summed E-state index contributed by atoms with van der Waals surface area (Å²) in [5, 5.41) is 0. The van der Waals surface area contributed by atoms with Crippen molar-refractivity contribution >= 4 is 11.9 Å². The van der Waals surface area contributed by atoms with Gasteiger partial charge < -0.3 is 19.1 Å². The number of esters is 1. The number of hydrogen-bond donors (Lipinski definition) is 0. The van der Waals surface area contributed by atoms with Crippen molar-refractivity contribution in [1.29, 1.82) is 0 Å². The summed E-state index contributed by atoms with van der Waals surface area (Å²) in [6.45, 7) is 3.19. The van der Waals surface area contributed by atoms with Gasteiger partial charge in [0.05, 0.1) is 27.2 Å². The molecule has 0 aliphatic rings. The summed E-state index contributed by atoms with van der Waals surface area (Å²) in [7, 11) is 2.95. The third kappa shape index (κ3) is 7.35. The number of amides is 1. The van der Waals surface area contributed by atoms with Crippen molar-refractivity contribution in [3.05, 3.63) is 24.3 Å². The lowest BCUT2D eigenvalue weighted by molar-refractivity contribution is -0.141. The maximum absolute atomic E-state index is 12.2. The van der Waals surface area contributed by atoms with Crippen LogP contribution in [0.2, 0.25) is 0 Å². The first-order valence-corrected chi connectivity index (χ1v) is 8.22. The average molecular weight is 337 g/mol. The maximum Gasteiger partial charge on any atom is 0.307 e. The number of rotatable bonds is 11. The van der Waals surface area contributed by atoms with Crippen LogP contribution in [-0.4, -0.2) is 50.7 Å². The van der Waals surface area contributed by atoms with Gasteiger partial charge in [0.2, 0.25) is 5.91 Å². The Balaban J connectivity index is 2.49. The normalized spacial score (nSPS) is 10.1. The molecule has 0 unspecified atom stereocenters. The van der Waals surface area contributed by atoms with Gasteiger partial charge in [0.1, 0.15) is 18.1 Å². The maximum atomic E-state index is 12.2. The molecule has 6 heteroatoms. The van der Waals surface area contributed by atoms with Crippen LogP contribution in [0.1, 0.15) is 32.6 Å². The lowest BCUT2D eigenvalue weighted by atomic mass is 10.2. The van der Waals surface area contributed by atoms with Gasteiger partial charge in [0, 0.05) is 13.0 Å². The van der Waals surface area contributed by atoms with E-state index in [-0.39, 0.29) is 18.3 Å². The standard InChI is InChI=1S/C18H27NO5/c1-4-5-6-17(20)19(12-11-18(21)23-3)13-14-24-16-9-7-15(22-2)8-10-16/h7-10H,4-6,11-14H2,1-3H3. The fraction of sp³-hybridized carbons (Fsp3) is 0.556. The molecule has 0 bridgehead atoms. The molecule has 0 spiro atoms. The molecule has 0 atom stereocenters. The minimum Gasteiger partial charge on any atom is -0.497 e. The van der Waals surface area contributed by atoms with Crippen LogP contribution >= 0.6 is 0 Å². The van der Waals surface area contributed by atoms with Gasteiger partial charge >= 0.3 is 5.97 Å². The number of ether oxygens (including phenoxy) is 3. The van der Waals surface area contributed by atoms with Crippen LogP contribution in [0.5, 0.6) is 11.5 Å². The highest BCUT2D eigenvalue weighted by atomic mass is 16.5. The van der Waals surface area contributed by atoms with Gasteiger partial charge in [-0.15, -0.1) is 0 Å². The topological polar surface area (TPSA) is 65.1 Å². The lowest BCUT2D eigenvalue weighted by Crippen LogP contribution is -2.36. The summed E-state index contributed by atoms with van der Waals surface area (Å²) >= 11 is 0. The second kappa shape index (κ2) is 11.3. The van der Waals surface area contributed by atoms with Gasteiger partial charge in [-0.1, -0.05) is 13.3 Å². The molecule has 0 radical (unpaired) electrons. The van der Waals surface area contributed by atoms with E-state index in [1.54, 1.807) is 12.0 Å². The Bertz CT molecular complexity index is 501. The summed E-state index contributed by atoms with van der Waals surface area (Å²) in [6, 6.07) is 7.26. The van der Waals surface area contributed by atoms with E-state index in [4.69, 9.17) is 9.47 Å². The molecule has 24 heavy (non-hydrogen) atoms. The largest absolute Gasteiger partial charge is 0.497 e. The third-order valence-electron chi connectivity index (χ3n) is 3.60. The molecule has 0 aromatic heterocycles. The first kappa shape index (κ1) is 19.8. The molecule has 1 rings (SSSR count). The number of benzene rings is 1. The lowest BCUT2D eigenvalue weighted by Gasteiger charge is -2.22. The van der Waals surface area contributed by atoms with Crippen LogP contribution in [0.15, 0.2) is 24.3 Å². The van der Waals surface area contributed by atoms with Crippen molar-refractivity contribution in [1.82, 2.24) is 4.90 Å². The fourth-order valence-corrected chi connectivity index (χ4v) is 2.12. The molecule has 1 aromatic rings. The van der Waals surface area contributed by atoms with E-state index >= 15 is 0 Å². The number of carbonyl (C=O) groups excluding carboxylic acids is 2. The van der Waals surface area contributed by atoms with Gasteiger partial charge in [-0.25, -0.2) is 0 Å². The van der Waals surface area contributed by atoms with E-state index in [0.717, 1.165) is 18.6 Å². The Kier molecular flexibility index (Phi) is 9.34. The Morgan fingerprint density at radius 3 is 2.25 bits per heavy atom. The summed E-state index contributed by atoms with van der Waals surface area (Å²) in [4.78, 5) is 25.2. The molecular formula is C18H27NO5. The molecule has 0 saturated carbocycles. The van der Waals surface area contributed by atoms with E-state index in [1.807, 2.05) is 31.2 Å². The summed E-state index contributed by atoms with van der Waals surface area (Å²) in [6.07, 6.45) is 2.48. The van der Waals surface area contributed by atoms with Crippen LogP contribution in [0, 0.1) is 0 Å². The van der Waals surface area contributed by atoms with Gasteiger partial charge in [-0.05, 0) is 30.7 Å². The molecule has 0 N–H and O–H groups in total. The van der Waals surface area contributed by atoms with Gasteiger partial charge in [0.15, 0.2) is 0 Å². The summed E-state index contributed by atoms with van der Waals surface area (Å²) < 4.78 is 15.4. The quantitative estimate of drug-likeness (QED) is 0.581. The van der Waals surface area contributed by atoms with Crippen molar-refractivity contribution in [3.63, 3.8) is 0 Å². The Labute approximate surface area is 143 Å². The van der Waals surface area contributed by atoms with E-state index in [2.05, 4.69) is 4.74 Å². The molecule has 0 saturated heterocycles. The number of nitrogens with zero attached hydrogens (tertiary/aromatic N) is 1. The number of hydrogen-bond acceptors (Lipinski definition) is 5. The zero-order valence-electron chi connectivity index (χ0n) is 14.7. The van der Waals surface area contributed by atoms with E-state index < -0.39 is 0 Å². The van der Waals surface area contributed by atoms with Crippen molar-refractivity contribution in [3.8, 4) is 11.5 Å². The minimum absolute atomic E-state index is 0.0408. The van der Waals surface area contributed by atoms with Crippen molar-refractivity contribution in [2.75, 3.05) is 33.9 Å². The highest BCUT2D eigenvalue weighted by molar-refractivity contribution is 5.77. The molecule has 1 aromatic carbocycles. The highest BCUT2D eigenvalue weighted by Gasteiger charge is 2.15. The molecule has 0 heterocycles. The number of carbonyl (C=O) groups is 2. The van der Waals surface area contributed by atoms with Gasteiger partial charge in [0.25, 0.3) is 0 Å². The number of methoxy groups -OCH3 is 2. The fourth-order valence-electron chi connectivity index (χ4n) is 2.12. The Morgan fingerprint density at radius 1 is 1.00 bits per heavy atom. The van der Waals surface area contributed by atoms with Crippen molar-refractivity contribution < 1.29 is 23.8 Å². The Hall–Kier alpha value is -2.24. The van der Waals surface area contributed by atoms with Crippen LogP contribution in [-0.2, 0) is 14.3 Å². The van der Waals surface area contributed by atoms with Crippen molar-refractivity contribution in [2.24, 2.45) is 0 Å². The second-order valence-corrected chi connectivity index (χ2v) is 5.33. The zero-order valence-corrected chi connectivity index (χ0v) is 14.7. The van der Waals surface area contributed by atoms with Gasteiger partial charge in [-0.3, -0.25) is 9.59 Å². The summed E-state index contributed by atoms with van der Waals surface area (Å²) in [5.41, 5.74) is 0. The predicted octanol–water partition coefficient (Wildman–Crippen LogP) is 2.66. The molecule has 134 valence electrons. The Morgan fingerprint density at radius 2 is 1.67 bits per heavy atom. The van der Waals surface area contributed by atoms with E-state index in [0.29, 0.717) is 31.9 Å².